The van der Waals surface area contributed by atoms with Gasteiger partial charge in [0.2, 0.25) is 0 Å². The van der Waals surface area contributed by atoms with Crippen LogP contribution in [0.2, 0.25) is 0 Å². The highest BCUT2D eigenvalue weighted by atomic mass is 19.1. The fourth-order valence-corrected chi connectivity index (χ4v) is 2.27. The molecular formula is C16H13FN2O3. The molecule has 0 bridgehead atoms. The molecule has 0 fully saturated rings. The summed E-state index contributed by atoms with van der Waals surface area (Å²) in [7, 11) is 1.58. The van der Waals surface area contributed by atoms with Crippen molar-refractivity contribution in [1.29, 1.82) is 0 Å². The smallest absolute Gasteiger partial charge is 0.270 e. The Labute approximate surface area is 125 Å². The van der Waals surface area contributed by atoms with Gasteiger partial charge in [0, 0.05) is 18.5 Å². The van der Waals surface area contributed by atoms with Crippen LogP contribution in [0, 0.1) is 5.82 Å². The van der Waals surface area contributed by atoms with Crippen LogP contribution < -0.4 is 5.43 Å². The zero-order chi connectivity index (χ0) is 15.7. The van der Waals surface area contributed by atoms with Gasteiger partial charge in [-0.15, -0.1) is 0 Å². The SMILES string of the molecule is CN(Cc1ccco1)C(=O)c1cc(=O)c2cccc(F)c2[nH]1. The Morgan fingerprint density at radius 1 is 1.32 bits per heavy atom. The number of halogens is 1. The number of hydrogen-bond acceptors (Lipinski definition) is 3. The number of nitrogens with zero attached hydrogens (tertiary/aromatic N) is 1. The second-order valence-corrected chi connectivity index (χ2v) is 4.95. The molecule has 1 amide bonds. The van der Waals surface area contributed by atoms with Crippen LogP contribution in [0.5, 0.6) is 0 Å². The lowest BCUT2D eigenvalue weighted by Crippen LogP contribution is -2.28. The lowest BCUT2D eigenvalue weighted by atomic mass is 10.2. The molecule has 0 aliphatic rings. The summed E-state index contributed by atoms with van der Waals surface area (Å²) in [4.78, 5) is 28.5. The van der Waals surface area contributed by atoms with Gasteiger partial charge in [0.05, 0.1) is 18.3 Å². The Bertz CT molecular complexity index is 884. The molecule has 0 spiro atoms. The molecule has 0 radical (unpaired) electrons. The molecule has 1 N–H and O–H groups in total. The molecule has 2 heterocycles. The average molecular weight is 300 g/mol. The summed E-state index contributed by atoms with van der Waals surface area (Å²) in [6.45, 7) is 0.253. The molecular weight excluding hydrogens is 287 g/mol. The molecule has 0 atom stereocenters. The summed E-state index contributed by atoms with van der Waals surface area (Å²) in [5.41, 5.74) is -0.329. The van der Waals surface area contributed by atoms with E-state index in [1.54, 1.807) is 19.2 Å². The van der Waals surface area contributed by atoms with Gasteiger partial charge in [-0.3, -0.25) is 9.59 Å². The number of pyridine rings is 1. The number of fused-ring (bicyclic) bond motifs is 1. The molecule has 3 rings (SSSR count). The molecule has 1 aromatic carbocycles. The minimum absolute atomic E-state index is 0.0322. The maximum atomic E-state index is 13.8. The molecule has 0 aliphatic heterocycles. The largest absolute Gasteiger partial charge is 0.467 e. The highest BCUT2D eigenvalue weighted by molar-refractivity contribution is 5.94. The van der Waals surface area contributed by atoms with Crippen LogP contribution >= 0.6 is 0 Å². The fourth-order valence-electron chi connectivity index (χ4n) is 2.27. The molecule has 0 saturated carbocycles. The van der Waals surface area contributed by atoms with Crippen LogP contribution in [0.3, 0.4) is 0 Å². The van der Waals surface area contributed by atoms with Crippen molar-refractivity contribution in [2.24, 2.45) is 0 Å². The maximum absolute atomic E-state index is 13.8. The molecule has 0 unspecified atom stereocenters. The Kier molecular flexibility index (Phi) is 3.50. The Balaban J connectivity index is 1.97. The number of nitrogens with one attached hydrogen (secondary N) is 1. The summed E-state index contributed by atoms with van der Waals surface area (Å²) >= 11 is 0. The summed E-state index contributed by atoms with van der Waals surface area (Å²) in [5, 5.41) is 0.213. The Morgan fingerprint density at radius 2 is 2.14 bits per heavy atom. The lowest BCUT2D eigenvalue weighted by Gasteiger charge is -2.16. The van der Waals surface area contributed by atoms with Crippen molar-refractivity contribution in [3.8, 4) is 0 Å². The third-order valence-electron chi connectivity index (χ3n) is 3.36. The van der Waals surface area contributed by atoms with E-state index in [-0.39, 0.29) is 23.1 Å². The van der Waals surface area contributed by atoms with Crippen molar-refractivity contribution in [3.63, 3.8) is 0 Å². The number of hydrogen-bond donors (Lipinski definition) is 1. The predicted molar refractivity (Wildman–Crippen MR) is 79.0 cm³/mol. The van der Waals surface area contributed by atoms with E-state index >= 15 is 0 Å². The lowest BCUT2D eigenvalue weighted by molar-refractivity contribution is 0.0770. The number of benzene rings is 1. The van der Waals surface area contributed by atoms with E-state index in [0.717, 1.165) is 0 Å². The summed E-state index contributed by atoms with van der Waals surface area (Å²) < 4.78 is 19.0. The number of rotatable bonds is 3. The third kappa shape index (κ3) is 2.50. The van der Waals surface area contributed by atoms with Gasteiger partial charge in [0.1, 0.15) is 17.3 Å². The van der Waals surface area contributed by atoms with Crippen molar-refractivity contribution in [2.45, 2.75) is 6.54 Å². The second kappa shape index (κ2) is 5.48. The van der Waals surface area contributed by atoms with Gasteiger partial charge < -0.3 is 14.3 Å². The van der Waals surface area contributed by atoms with Gasteiger partial charge >= 0.3 is 0 Å². The summed E-state index contributed by atoms with van der Waals surface area (Å²) in [6.07, 6.45) is 1.51. The zero-order valence-electron chi connectivity index (χ0n) is 11.8. The average Bonchev–Trinajstić information content (AvgIpc) is 3.00. The Morgan fingerprint density at radius 3 is 2.86 bits per heavy atom. The first-order valence-corrected chi connectivity index (χ1v) is 6.65. The minimum Gasteiger partial charge on any atom is -0.467 e. The first-order valence-electron chi connectivity index (χ1n) is 6.65. The molecule has 22 heavy (non-hydrogen) atoms. The minimum atomic E-state index is -0.571. The standard InChI is InChI=1S/C16H13FN2O3/c1-19(9-10-4-3-7-22-10)16(21)13-8-14(20)11-5-2-6-12(17)15(11)18-13/h2-8H,9H2,1H3,(H,18,20). The highest BCUT2D eigenvalue weighted by Crippen LogP contribution is 2.14. The van der Waals surface area contributed by atoms with Crippen LogP contribution in [0.15, 0.2) is 51.9 Å². The van der Waals surface area contributed by atoms with E-state index < -0.39 is 17.2 Å². The normalized spacial score (nSPS) is 10.8. The van der Waals surface area contributed by atoms with Gasteiger partial charge in [-0.05, 0) is 24.3 Å². The first kappa shape index (κ1) is 14.1. The van der Waals surface area contributed by atoms with E-state index in [1.165, 1.54) is 35.4 Å². The number of aromatic nitrogens is 1. The molecule has 3 aromatic rings. The van der Waals surface area contributed by atoms with E-state index in [2.05, 4.69) is 4.98 Å². The van der Waals surface area contributed by atoms with Gasteiger partial charge in [-0.1, -0.05) is 6.07 Å². The first-order chi connectivity index (χ1) is 10.6. The number of aromatic amines is 1. The van der Waals surface area contributed by atoms with Crippen molar-refractivity contribution < 1.29 is 13.6 Å². The van der Waals surface area contributed by atoms with Crippen LogP contribution in [0.1, 0.15) is 16.2 Å². The van der Waals surface area contributed by atoms with E-state index in [9.17, 15) is 14.0 Å². The second-order valence-electron chi connectivity index (χ2n) is 4.95. The fraction of sp³-hybridized carbons (Fsp3) is 0.125. The third-order valence-corrected chi connectivity index (χ3v) is 3.36. The highest BCUT2D eigenvalue weighted by Gasteiger charge is 2.16. The number of H-pyrrole nitrogens is 1. The van der Waals surface area contributed by atoms with Gasteiger partial charge in [-0.25, -0.2) is 4.39 Å². The molecule has 112 valence electrons. The van der Waals surface area contributed by atoms with Gasteiger partial charge in [-0.2, -0.15) is 0 Å². The van der Waals surface area contributed by atoms with Crippen LogP contribution in [0.25, 0.3) is 10.9 Å². The predicted octanol–water partition coefficient (Wildman–Crippen LogP) is 2.53. The van der Waals surface area contributed by atoms with E-state index in [1.807, 2.05) is 0 Å². The van der Waals surface area contributed by atoms with Crippen molar-refractivity contribution in [2.75, 3.05) is 7.05 Å². The van der Waals surface area contributed by atoms with Crippen LogP contribution in [-0.2, 0) is 6.54 Å². The van der Waals surface area contributed by atoms with Crippen molar-refractivity contribution in [1.82, 2.24) is 9.88 Å². The molecule has 0 saturated heterocycles. The molecule has 6 heteroatoms. The van der Waals surface area contributed by atoms with Crippen LogP contribution in [0.4, 0.5) is 4.39 Å². The Hall–Kier alpha value is -2.89. The monoisotopic (exact) mass is 300 g/mol. The molecule has 5 nitrogen and oxygen atoms in total. The summed E-state index contributed by atoms with van der Waals surface area (Å²) in [6, 6.07) is 8.85. The van der Waals surface area contributed by atoms with E-state index in [4.69, 9.17) is 4.42 Å². The number of carbonyl (C=O) groups is 1. The quantitative estimate of drug-likeness (QED) is 0.808. The number of para-hydroxylation sites is 1. The maximum Gasteiger partial charge on any atom is 0.270 e. The molecule has 0 aliphatic carbocycles. The van der Waals surface area contributed by atoms with Gasteiger partial charge in [0.25, 0.3) is 5.91 Å². The molecule has 2 aromatic heterocycles. The zero-order valence-corrected chi connectivity index (χ0v) is 11.8. The van der Waals surface area contributed by atoms with E-state index in [0.29, 0.717) is 5.76 Å². The summed E-state index contributed by atoms with van der Waals surface area (Å²) in [5.74, 6) is -0.373. The van der Waals surface area contributed by atoms with Crippen LogP contribution in [-0.4, -0.2) is 22.8 Å². The van der Waals surface area contributed by atoms with Crippen molar-refractivity contribution in [3.05, 3.63) is 70.2 Å². The number of carbonyl (C=O) groups excluding carboxylic acids is 1. The van der Waals surface area contributed by atoms with Gasteiger partial charge in [0.15, 0.2) is 5.43 Å². The van der Waals surface area contributed by atoms with Crippen molar-refractivity contribution >= 4 is 16.8 Å². The topological polar surface area (TPSA) is 66.3 Å². The number of amides is 1. The number of furan rings is 1.